The Morgan fingerprint density at radius 1 is 1.50 bits per heavy atom. The minimum Gasteiger partial charge on any atom is -0.366 e. The fourth-order valence-electron chi connectivity index (χ4n) is 0.807. The molecule has 0 atom stereocenters. The molecule has 1 heterocycles. The van der Waals surface area contributed by atoms with Crippen molar-refractivity contribution >= 4 is 19.1 Å². The maximum Gasteiger partial charge on any atom is 0.250 e. The van der Waals surface area contributed by atoms with Crippen molar-refractivity contribution in [1.82, 2.24) is 4.98 Å². The monoisotopic (exact) mass is 182 g/mol. The molecule has 0 aliphatic heterocycles. The van der Waals surface area contributed by atoms with Gasteiger partial charge in [-0.1, -0.05) is 7.92 Å². The molecule has 1 aromatic rings. The van der Waals surface area contributed by atoms with Gasteiger partial charge >= 0.3 is 0 Å². The summed E-state index contributed by atoms with van der Waals surface area (Å²) < 4.78 is 0. The third-order valence-corrected chi connectivity index (χ3v) is 2.80. The number of nitrogens with zero attached hydrogens (tertiary/aromatic N) is 1. The number of pyridine rings is 1. The van der Waals surface area contributed by atoms with Crippen molar-refractivity contribution in [2.24, 2.45) is 5.73 Å². The maximum absolute atomic E-state index is 10.8. The molecule has 3 nitrogen and oxygen atoms in total. The lowest BCUT2D eigenvalue weighted by atomic mass is 10.3. The van der Waals surface area contributed by atoms with Crippen molar-refractivity contribution < 1.29 is 4.79 Å². The molecule has 0 fully saturated rings. The largest absolute Gasteiger partial charge is 0.366 e. The van der Waals surface area contributed by atoms with Crippen LogP contribution < -0.4 is 11.0 Å². The average Bonchev–Trinajstić information content (AvgIpc) is 2.04. The summed E-state index contributed by atoms with van der Waals surface area (Å²) in [6.45, 7) is 4.22. The Bertz CT molecular complexity index is 299. The third kappa shape index (κ3) is 2.02. The highest BCUT2D eigenvalue weighted by Crippen LogP contribution is 2.22. The summed E-state index contributed by atoms with van der Waals surface area (Å²) in [5, 5.41) is 1.10. The molecular formula is C8H11N2OP. The number of carbonyl (C=O) groups excluding carboxylic acids is 1. The lowest BCUT2D eigenvalue weighted by molar-refractivity contribution is 0.1000. The number of amides is 1. The van der Waals surface area contributed by atoms with E-state index in [1.807, 2.05) is 0 Å². The number of rotatable bonds is 2. The first-order chi connectivity index (χ1) is 5.61. The van der Waals surface area contributed by atoms with Crippen LogP contribution in [-0.4, -0.2) is 24.2 Å². The molecular weight excluding hydrogens is 171 g/mol. The number of nitrogens with two attached hydrogens (primary N) is 1. The fraction of sp³-hybridized carbons (Fsp3) is 0.250. The van der Waals surface area contributed by atoms with Crippen molar-refractivity contribution in [2.45, 2.75) is 0 Å². The van der Waals surface area contributed by atoms with Crippen LogP contribution in [0.15, 0.2) is 18.5 Å². The molecule has 64 valence electrons. The van der Waals surface area contributed by atoms with E-state index < -0.39 is 5.91 Å². The normalized spacial score (nSPS) is 10.2. The van der Waals surface area contributed by atoms with Gasteiger partial charge in [0, 0.05) is 12.4 Å². The zero-order valence-electron chi connectivity index (χ0n) is 7.11. The molecule has 0 bridgehead atoms. The Morgan fingerprint density at radius 2 is 2.17 bits per heavy atom. The minimum absolute atomic E-state index is 0.207. The Labute approximate surface area is 72.7 Å². The van der Waals surface area contributed by atoms with Gasteiger partial charge in [0.25, 0.3) is 0 Å². The van der Waals surface area contributed by atoms with Crippen LogP contribution in [0.5, 0.6) is 0 Å². The smallest absolute Gasteiger partial charge is 0.250 e. The topological polar surface area (TPSA) is 56.0 Å². The summed E-state index contributed by atoms with van der Waals surface area (Å²) in [6.07, 6.45) is 3.27. The summed E-state index contributed by atoms with van der Waals surface area (Å²) in [6, 6.07) is 1.81. The molecule has 12 heavy (non-hydrogen) atoms. The number of aromatic nitrogens is 1. The molecule has 0 unspecified atom stereocenters. The van der Waals surface area contributed by atoms with Crippen LogP contribution in [0.3, 0.4) is 0 Å². The molecule has 0 saturated carbocycles. The average molecular weight is 182 g/mol. The van der Waals surface area contributed by atoms with Crippen LogP contribution in [0.2, 0.25) is 0 Å². The van der Waals surface area contributed by atoms with Crippen molar-refractivity contribution in [3.63, 3.8) is 0 Å². The van der Waals surface area contributed by atoms with E-state index in [1.165, 1.54) is 6.20 Å². The first-order valence-electron chi connectivity index (χ1n) is 3.53. The zero-order chi connectivity index (χ0) is 9.14. The van der Waals surface area contributed by atoms with Gasteiger partial charge in [-0.25, -0.2) is 0 Å². The summed E-state index contributed by atoms with van der Waals surface area (Å²) in [4.78, 5) is 14.7. The molecule has 1 amide bonds. The molecule has 0 aromatic carbocycles. The first-order valence-corrected chi connectivity index (χ1v) is 5.77. The molecule has 1 aromatic heterocycles. The van der Waals surface area contributed by atoms with Gasteiger partial charge in [0.05, 0.1) is 5.56 Å². The van der Waals surface area contributed by atoms with E-state index in [4.69, 9.17) is 5.73 Å². The lowest BCUT2D eigenvalue weighted by Crippen LogP contribution is -2.14. The zero-order valence-corrected chi connectivity index (χ0v) is 8.01. The maximum atomic E-state index is 10.8. The van der Waals surface area contributed by atoms with Gasteiger partial charge in [-0.3, -0.25) is 9.78 Å². The van der Waals surface area contributed by atoms with Crippen LogP contribution in [0, 0.1) is 0 Å². The Kier molecular flexibility index (Phi) is 2.77. The molecule has 1 rings (SSSR count). The number of carbonyl (C=O) groups is 1. The Balaban J connectivity index is 3.04. The van der Waals surface area contributed by atoms with E-state index >= 15 is 0 Å². The van der Waals surface area contributed by atoms with Gasteiger partial charge in [0.2, 0.25) is 5.91 Å². The minimum atomic E-state index is -0.416. The van der Waals surface area contributed by atoms with Gasteiger partial charge in [-0.05, 0) is 24.7 Å². The van der Waals surface area contributed by atoms with Crippen molar-refractivity contribution in [3.05, 3.63) is 24.0 Å². The van der Waals surface area contributed by atoms with E-state index in [2.05, 4.69) is 18.3 Å². The Morgan fingerprint density at radius 3 is 2.67 bits per heavy atom. The summed E-state index contributed by atoms with van der Waals surface area (Å²) >= 11 is 0. The summed E-state index contributed by atoms with van der Waals surface area (Å²) in [5.41, 5.74) is 5.60. The standard InChI is InChI=1S/C8H11N2OP/c1-12(2)7-3-6(8(9)11)4-10-5-7/h3-5H,1-2H3,(H2,9,11). The lowest BCUT2D eigenvalue weighted by Gasteiger charge is -2.05. The van der Waals surface area contributed by atoms with Crippen molar-refractivity contribution in [2.75, 3.05) is 13.3 Å². The van der Waals surface area contributed by atoms with Crippen LogP contribution in [-0.2, 0) is 0 Å². The quantitative estimate of drug-likeness (QED) is 0.679. The third-order valence-electron chi connectivity index (χ3n) is 1.52. The van der Waals surface area contributed by atoms with Crippen molar-refractivity contribution in [1.29, 1.82) is 0 Å². The number of hydrogen-bond donors (Lipinski definition) is 1. The van der Waals surface area contributed by atoms with Gasteiger partial charge in [-0.2, -0.15) is 0 Å². The highest BCUT2D eigenvalue weighted by atomic mass is 31.1. The second-order valence-corrected chi connectivity index (χ2v) is 5.00. The van der Waals surface area contributed by atoms with Gasteiger partial charge in [0.1, 0.15) is 0 Å². The van der Waals surface area contributed by atoms with E-state index in [0.29, 0.717) is 5.56 Å². The van der Waals surface area contributed by atoms with E-state index in [0.717, 1.165) is 5.30 Å². The van der Waals surface area contributed by atoms with Crippen LogP contribution in [0.4, 0.5) is 0 Å². The number of hydrogen-bond acceptors (Lipinski definition) is 2. The van der Waals surface area contributed by atoms with E-state index in [1.54, 1.807) is 12.3 Å². The highest BCUT2D eigenvalue weighted by molar-refractivity contribution is 7.64. The summed E-state index contributed by atoms with van der Waals surface area (Å²) in [7, 11) is -0.207. The highest BCUT2D eigenvalue weighted by Gasteiger charge is 2.03. The molecule has 0 aliphatic rings. The predicted octanol–water partition coefficient (Wildman–Crippen LogP) is 0.547. The van der Waals surface area contributed by atoms with Crippen LogP contribution >= 0.6 is 7.92 Å². The molecule has 0 aliphatic carbocycles. The fourth-order valence-corrected chi connectivity index (χ4v) is 1.50. The summed E-state index contributed by atoms with van der Waals surface area (Å²) in [5.74, 6) is -0.416. The predicted molar refractivity (Wildman–Crippen MR) is 51.2 cm³/mol. The van der Waals surface area contributed by atoms with E-state index in [9.17, 15) is 4.79 Å². The molecule has 0 radical (unpaired) electrons. The SMILES string of the molecule is CP(C)c1cncc(C(N)=O)c1. The van der Waals surface area contributed by atoms with Gasteiger partial charge in [0.15, 0.2) is 0 Å². The van der Waals surface area contributed by atoms with Crippen LogP contribution in [0.1, 0.15) is 10.4 Å². The van der Waals surface area contributed by atoms with Crippen LogP contribution in [0.25, 0.3) is 0 Å². The molecule has 4 heteroatoms. The molecule has 2 N–H and O–H groups in total. The van der Waals surface area contributed by atoms with Crippen molar-refractivity contribution in [3.8, 4) is 0 Å². The second kappa shape index (κ2) is 3.63. The van der Waals surface area contributed by atoms with Gasteiger partial charge in [-0.15, -0.1) is 0 Å². The second-order valence-electron chi connectivity index (χ2n) is 2.69. The van der Waals surface area contributed by atoms with E-state index in [-0.39, 0.29) is 7.92 Å². The molecule has 0 spiro atoms. The Hall–Kier alpha value is -0.950. The number of primary amides is 1. The molecule has 0 saturated heterocycles. The van der Waals surface area contributed by atoms with Gasteiger partial charge < -0.3 is 5.73 Å². The first kappa shape index (κ1) is 9.14.